The Bertz CT molecular complexity index is 1120. The summed E-state index contributed by atoms with van der Waals surface area (Å²) in [5, 5.41) is 3.59. The number of nitrogens with one attached hydrogen (secondary N) is 1. The van der Waals surface area contributed by atoms with Gasteiger partial charge in [0.25, 0.3) is 5.91 Å². The summed E-state index contributed by atoms with van der Waals surface area (Å²) in [7, 11) is 1.61. The van der Waals surface area contributed by atoms with Crippen LogP contribution < -0.4 is 10.1 Å². The highest BCUT2D eigenvalue weighted by Gasteiger charge is 2.30. The van der Waals surface area contributed by atoms with Crippen LogP contribution in [0.25, 0.3) is 0 Å². The number of ether oxygens (including phenoxy) is 1. The van der Waals surface area contributed by atoms with Crippen molar-refractivity contribution in [3.63, 3.8) is 0 Å². The van der Waals surface area contributed by atoms with Gasteiger partial charge in [0.05, 0.1) is 7.11 Å². The van der Waals surface area contributed by atoms with Gasteiger partial charge in [-0.15, -0.1) is 0 Å². The quantitative estimate of drug-likeness (QED) is 0.550. The Morgan fingerprint density at radius 3 is 2.38 bits per heavy atom. The smallest absolute Gasteiger partial charge is 0.253 e. The second-order valence-electron chi connectivity index (χ2n) is 8.22. The number of carbonyl (C=O) groups is 2. The number of hydrogen-bond acceptors (Lipinski definition) is 4. The molecule has 3 aromatic carbocycles. The maximum absolute atomic E-state index is 13.5. The molecule has 0 saturated carbocycles. The zero-order valence-electron chi connectivity index (χ0n) is 19.1. The topological polar surface area (TPSA) is 61.9 Å². The number of halogens is 1. The van der Waals surface area contributed by atoms with Gasteiger partial charge in [-0.05, 0) is 54.4 Å². The van der Waals surface area contributed by atoms with E-state index in [4.69, 9.17) is 16.3 Å². The lowest BCUT2D eigenvalue weighted by molar-refractivity contribution is -0.121. The fourth-order valence-corrected chi connectivity index (χ4v) is 4.44. The maximum Gasteiger partial charge on any atom is 0.253 e. The van der Waals surface area contributed by atoms with Crippen molar-refractivity contribution < 1.29 is 14.3 Å². The Balaban J connectivity index is 1.51. The minimum atomic E-state index is -0.468. The average Bonchev–Trinajstić information content (AvgIpc) is 3.11. The Kier molecular flexibility index (Phi) is 7.83. The van der Waals surface area contributed by atoms with E-state index in [0.29, 0.717) is 42.5 Å². The van der Waals surface area contributed by atoms with Crippen LogP contribution in [-0.4, -0.2) is 54.9 Å². The monoisotopic (exact) mass is 477 g/mol. The van der Waals surface area contributed by atoms with Gasteiger partial charge in [0.15, 0.2) is 0 Å². The molecule has 0 aromatic heterocycles. The van der Waals surface area contributed by atoms with Crippen molar-refractivity contribution in [2.45, 2.75) is 12.5 Å². The van der Waals surface area contributed by atoms with Crippen molar-refractivity contribution in [3.05, 3.63) is 95.0 Å². The Morgan fingerprint density at radius 1 is 0.912 bits per heavy atom. The zero-order valence-corrected chi connectivity index (χ0v) is 19.9. The van der Waals surface area contributed by atoms with E-state index in [2.05, 4.69) is 10.2 Å². The third kappa shape index (κ3) is 5.76. The first kappa shape index (κ1) is 23.8. The number of nitrogens with zero attached hydrogens (tertiary/aromatic N) is 2. The normalized spacial score (nSPS) is 15.3. The second-order valence-corrected chi connectivity index (χ2v) is 8.66. The van der Waals surface area contributed by atoms with Gasteiger partial charge in [-0.2, -0.15) is 0 Å². The summed E-state index contributed by atoms with van der Waals surface area (Å²) in [5.41, 5.74) is 2.21. The first-order valence-corrected chi connectivity index (χ1v) is 11.7. The van der Waals surface area contributed by atoms with Crippen LogP contribution in [0.5, 0.6) is 5.75 Å². The summed E-state index contributed by atoms with van der Waals surface area (Å²) < 4.78 is 5.21. The average molecular weight is 478 g/mol. The fourth-order valence-electron chi connectivity index (χ4n) is 4.25. The summed E-state index contributed by atoms with van der Waals surface area (Å²) in [6.45, 7) is 2.45. The van der Waals surface area contributed by atoms with Crippen molar-refractivity contribution >= 4 is 29.1 Å². The van der Waals surface area contributed by atoms with Crippen LogP contribution in [0.2, 0.25) is 5.02 Å². The highest BCUT2D eigenvalue weighted by Crippen LogP contribution is 2.25. The summed E-state index contributed by atoms with van der Waals surface area (Å²) in [4.78, 5) is 30.5. The van der Waals surface area contributed by atoms with Gasteiger partial charge in [0.1, 0.15) is 11.8 Å². The summed E-state index contributed by atoms with van der Waals surface area (Å²) >= 11 is 6.08. The minimum absolute atomic E-state index is 0.0386. The largest absolute Gasteiger partial charge is 0.497 e. The molecule has 1 aliphatic heterocycles. The Hall–Kier alpha value is -3.35. The van der Waals surface area contributed by atoms with Crippen LogP contribution in [0.3, 0.4) is 0 Å². The van der Waals surface area contributed by atoms with Crippen LogP contribution in [0.1, 0.15) is 28.4 Å². The second kappa shape index (κ2) is 11.2. The van der Waals surface area contributed by atoms with Crippen molar-refractivity contribution in [2.24, 2.45) is 0 Å². The van der Waals surface area contributed by atoms with E-state index >= 15 is 0 Å². The molecule has 1 saturated heterocycles. The van der Waals surface area contributed by atoms with Gasteiger partial charge in [0.2, 0.25) is 5.91 Å². The van der Waals surface area contributed by atoms with Crippen molar-refractivity contribution in [1.29, 1.82) is 0 Å². The number of carbonyl (C=O) groups excluding carboxylic acids is 2. The predicted octanol–water partition coefficient (Wildman–Crippen LogP) is 4.88. The summed E-state index contributed by atoms with van der Waals surface area (Å²) in [5.74, 6) is 0.587. The fraction of sp³-hybridized carbons (Fsp3) is 0.259. The molecule has 4 rings (SSSR count). The lowest BCUT2D eigenvalue weighted by Gasteiger charge is -2.30. The highest BCUT2D eigenvalue weighted by molar-refractivity contribution is 6.30. The molecule has 176 valence electrons. The third-order valence-corrected chi connectivity index (χ3v) is 6.21. The van der Waals surface area contributed by atoms with E-state index in [9.17, 15) is 9.59 Å². The molecule has 7 heteroatoms. The molecule has 1 heterocycles. The van der Waals surface area contributed by atoms with Crippen molar-refractivity contribution in [1.82, 2.24) is 9.80 Å². The molecule has 0 aliphatic carbocycles. The van der Waals surface area contributed by atoms with Gasteiger partial charge >= 0.3 is 0 Å². The van der Waals surface area contributed by atoms with Gasteiger partial charge in [-0.25, -0.2) is 0 Å². The molecule has 0 spiro atoms. The van der Waals surface area contributed by atoms with Crippen LogP contribution in [0.15, 0.2) is 78.9 Å². The van der Waals surface area contributed by atoms with Crippen LogP contribution in [0, 0.1) is 0 Å². The molecule has 1 aliphatic rings. The number of rotatable bonds is 6. The van der Waals surface area contributed by atoms with E-state index < -0.39 is 6.04 Å². The number of benzene rings is 3. The zero-order chi connectivity index (χ0) is 23.9. The maximum atomic E-state index is 13.5. The number of amides is 2. The molecule has 2 amide bonds. The molecule has 34 heavy (non-hydrogen) atoms. The molecule has 0 radical (unpaired) electrons. The SMILES string of the molecule is COc1ccc(NC(=O)C(c2ccccc2)N2CCCN(C(=O)c3cccc(Cl)c3)CC2)cc1. The van der Waals surface area contributed by atoms with Crippen LogP contribution in [-0.2, 0) is 4.79 Å². The van der Waals surface area contributed by atoms with Crippen molar-refractivity contribution in [2.75, 3.05) is 38.6 Å². The van der Waals surface area contributed by atoms with Gasteiger partial charge in [0, 0.05) is 42.5 Å². The molecule has 6 nitrogen and oxygen atoms in total. The number of hydrogen-bond donors (Lipinski definition) is 1. The lowest BCUT2D eigenvalue weighted by atomic mass is 10.0. The molecule has 1 N–H and O–H groups in total. The first-order chi connectivity index (χ1) is 16.5. The van der Waals surface area contributed by atoms with Gasteiger partial charge < -0.3 is 15.0 Å². The van der Waals surface area contributed by atoms with Gasteiger partial charge in [-0.3, -0.25) is 14.5 Å². The molecule has 1 atom stereocenters. The van der Waals surface area contributed by atoms with E-state index in [-0.39, 0.29) is 11.8 Å². The summed E-state index contributed by atoms with van der Waals surface area (Å²) in [6.07, 6.45) is 0.769. The molecular weight excluding hydrogens is 450 g/mol. The molecule has 1 fully saturated rings. The number of anilines is 1. The molecule has 1 unspecified atom stereocenters. The van der Waals surface area contributed by atoms with E-state index in [0.717, 1.165) is 17.7 Å². The Morgan fingerprint density at radius 2 is 1.68 bits per heavy atom. The van der Waals surface area contributed by atoms with Gasteiger partial charge in [-0.1, -0.05) is 48.0 Å². The molecule has 0 bridgehead atoms. The van der Waals surface area contributed by atoms with Crippen LogP contribution >= 0.6 is 11.6 Å². The third-order valence-electron chi connectivity index (χ3n) is 5.98. The predicted molar refractivity (Wildman–Crippen MR) is 134 cm³/mol. The first-order valence-electron chi connectivity index (χ1n) is 11.3. The lowest BCUT2D eigenvalue weighted by Crippen LogP contribution is -2.40. The molecular formula is C27H28ClN3O3. The van der Waals surface area contributed by atoms with E-state index in [1.54, 1.807) is 31.4 Å². The molecule has 3 aromatic rings. The van der Waals surface area contributed by atoms with Crippen LogP contribution in [0.4, 0.5) is 5.69 Å². The summed E-state index contributed by atoms with van der Waals surface area (Å²) in [6, 6.07) is 23.6. The standard InChI is InChI=1S/C27H28ClN3O3/c1-34-24-13-11-23(12-14-24)29-26(32)25(20-7-3-2-4-8-20)30-15-6-16-31(18-17-30)27(33)21-9-5-10-22(28)19-21/h2-5,7-14,19,25H,6,15-18H2,1H3,(H,29,32). The Labute approximate surface area is 205 Å². The van der Waals surface area contributed by atoms with E-state index in [1.165, 1.54) is 0 Å². The van der Waals surface area contributed by atoms with E-state index in [1.807, 2.05) is 59.5 Å². The highest BCUT2D eigenvalue weighted by atomic mass is 35.5. The van der Waals surface area contributed by atoms with Crippen molar-refractivity contribution in [3.8, 4) is 5.75 Å². The number of methoxy groups -OCH3 is 1. The minimum Gasteiger partial charge on any atom is -0.497 e.